The Labute approximate surface area is 178 Å². The Morgan fingerprint density at radius 3 is 2.43 bits per heavy atom. The number of anilines is 2. The SMILES string of the molecule is CC1CCc2c(N3CCNCC3)cccc2N1S(=O)(=O)c1ccc2ccccc2c1. The van der Waals surface area contributed by atoms with E-state index in [-0.39, 0.29) is 6.04 Å². The summed E-state index contributed by atoms with van der Waals surface area (Å²) in [6, 6.07) is 19.3. The maximum absolute atomic E-state index is 13.8. The monoisotopic (exact) mass is 421 g/mol. The molecule has 0 radical (unpaired) electrons. The van der Waals surface area contributed by atoms with Crippen LogP contribution in [-0.4, -0.2) is 40.6 Å². The van der Waals surface area contributed by atoms with Gasteiger partial charge in [-0.05, 0) is 60.4 Å². The molecule has 5 nitrogen and oxygen atoms in total. The van der Waals surface area contributed by atoms with Crippen LogP contribution in [0, 0.1) is 0 Å². The third-order valence-electron chi connectivity index (χ3n) is 6.31. The highest BCUT2D eigenvalue weighted by Crippen LogP contribution is 2.40. The lowest BCUT2D eigenvalue weighted by Gasteiger charge is -2.39. The number of sulfonamides is 1. The van der Waals surface area contributed by atoms with Gasteiger partial charge in [-0.1, -0.05) is 36.4 Å². The van der Waals surface area contributed by atoms with Crippen molar-refractivity contribution >= 4 is 32.2 Å². The molecule has 3 aromatic rings. The lowest BCUT2D eigenvalue weighted by atomic mass is 9.96. The molecule has 0 spiro atoms. The molecule has 2 aliphatic rings. The fraction of sp³-hybridized carbons (Fsp3) is 0.333. The van der Waals surface area contributed by atoms with E-state index in [0.29, 0.717) is 4.90 Å². The van der Waals surface area contributed by atoms with Crippen molar-refractivity contribution in [3.8, 4) is 0 Å². The quantitative estimate of drug-likeness (QED) is 0.699. The Morgan fingerprint density at radius 2 is 1.63 bits per heavy atom. The summed E-state index contributed by atoms with van der Waals surface area (Å²) in [4.78, 5) is 2.74. The third kappa shape index (κ3) is 3.24. The number of benzene rings is 3. The molecule has 0 aromatic heterocycles. The molecule has 0 saturated carbocycles. The van der Waals surface area contributed by atoms with Crippen LogP contribution in [0.1, 0.15) is 18.9 Å². The summed E-state index contributed by atoms with van der Waals surface area (Å²) < 4.78 is 29.2. The predicted molar refractivity (Wildman–Crippen MR) is 123 cm³/mol. The lowest BCUT2D eigenvalue weighted by molar-refractivity contribution is 0.560. The topological polar surface area (TPSA) is 52.6 Å². The lowest BCUT2D eigenvalue weighted by Crippen LogP contribution is -2.45. The zero-order valence-corrected chi connectivity index (χ0v) is 18.0. The first-order chi connectivity index (χ1) is 14.6. The van der Waals surface area contributed by atoms with Gasteiger partial charge in [0.05, 0.1) is 10.6 Å². The molecule has 0 aliphatic carbocycles. The molecule has 1 saturated heterocycles. The molecule has 6 heteroatoms. The average Bonchev–Trinajstić information content (AvgIpc) is 2.78. The highest BCUT2D eigenvalue weighted by molar-refractivity contribution is 7.92. The first-order valence-electron chi connectivity index (χ1n) is 10.7. The van der Waals surface area contributed by atoms with Crippen molar-refractivity contribution < 1.29 is 8.42 Å². The third-order valence-corrected chi connectivity index (χ3v) is 8.24. The van der Waals surface area contributed by atoms with Crippen molar-refractivity contribution in [1.29, 1.82) is 0 Å². The van der Waals surface area contributed by atoms with Gasteiger partial charge in [-0.2, -0.15) is 0 Å². The second-order valence-electron chi connectivity index (χ2n) is 8.21. The van der Waals surface area contributed by atoms with Crippen LogP contribution in [-0.2, 0) is 16.4 Å². The molecule has 30 heavy (non-hydrogen) atoms. The van der Waals surface area contributed by atoms with Gasteiger partial charge in [0.15, 0.2) is 0 Å². The first kappa shape index (κ1) is 19.4. The summed E-state index contributed by atoms with van der Waals surface area (Å²) in [5.41, 5.74) is 3.17. The molecule has 1 atom stereocenters. The van der Waals surface area contributed by atoms with Gasteiger partial charge in [0.2, 0.25) is 0 Å². The van der Waals surface area contributed by atoms with Crippen molar-refractivity contribution in [2.24, 2.45) is 0 Å². The van der Waals surface area contributed by atoms with E-state index >= 15 is 0 Å². The Kier molecular flexibility index (Phi) is 4.91. The van der Waals surface area contributed by atoms with Gasteiger partial charge in [0.25, 0.3) is 10.0 Å². The van der Waals surface area contributed by atoms with Crippen molar-refractivity contribution in [3.05, 3.63) is 66.2 Å². The van der Waals surface area contributed by atoms with Gasteiger partial charge < -0.3 is 10.2 Å². The van der Waals surface area contributed by atoms with Crippen LogP contribution in [0.25, 0.3) is 10.8 Å². The van der Waals surface area contributed by atoms with Crippen LogP contribution >= 0.6 is 0 Å². The van der Waals surface area contributed by atoms with Crippen LogP contribution in [0.2, 0.25) is 0 Å². The summed E-state index contributed by atoms with van der Waals surface area (Å²) in [6.07, 6.45) is 1.73. The van der Waals surface area contributed by atoms with Gasteiger partial charge in [-0.15, -0.1) is 0 Å². The molecule has 2 heterocycles. The number of nitrogens with one attached hydrogen (secondary N) is 1. The predicted octanol–water partition coefficient (Wildman–Crippen LogP) is 3.78. The van der Waals surface area contributed by atoms with E-state index in [1.165, 1.54) is 5.69 Å². The van der Waals surface area contributed by atoms with Crippen LogP contribution < -0.4 is 14.5 Å². The highest BCUT2D eigenvalue weighted by Gasteiger charge is 2.35. The van der Waals surface area contributed by atoms with Gasteiger partial charge in [0, 0.05) is 37.9 Å². The van der Waals surface area contributed by atoms with Gasteiger partial charge in [0.1, 0.15) is 0 Å². The number of hydrogen-bond donors (Lipinski definition) is 1. The van der Waals surface area contributed by atoms with Crippen LogP contribution in [0.3, 0.4) is 0 Å². The van der Waals surface area contributed by atoms with Crippen molar-refractivity contribution in [1.82, 2.24) is 5.32 Å². The van der Waals surface area contributed by atoms with E-state index in [9.17, 15) is 8.42 Å². The summed E-state index contributed by atoms with van der Waals surface area (Å²) >= 11 is 0. The van der Waals surface area contributed by atoms with Crippen molar-refractivity contribution in [2.75, 3.05) is 35.4 Å². The molecule has 5 rings (SSSR count). The van der Waals surface area contributed by atoms with Crippen molar-refractivity contribution in [2.45, 2.75) is 30.7 Å². The van der Waals surface area contributed by atoms with Gasteiger partial charge >= 0.3 is 0 Å². The fourth-order valence-electron chi connectivity index (χ4n) is 4.74. The molecule has 1 unspecified atom stereocenters. The van der Waals surface area contributed by atoms with E-state index < -0.39 is 10.0 Å². The van der Waals surface area contributed by atoms with Crippen LogP contribution in [0.5, 0.6) is 0 Å². The molecule has 1 fully saturated rings. The average molecular weight is 422 g/mol. The van der Waals surface area contributed by atoms with Crippen molar-refractivity contribution in [3.63, 3.8) is 0 Å². The van der Waals surface area contributed by atoms with Crippen LogP contribution in [0.15, 0.2) is 65.6 Å². The molecular formula is C24H27N3O2S. The first-order valence-corrected chi connectivity index (χ1v) is 12.1. The smallest absolute Gasteiger partial charge is 0.264 e. The Bertz CT molecular complexity index is 1190. The zero-order chi connectivity index (χ0) is 20.7. The van der Waals surface area contributed by atoms with E-state index in [0.717, 1.165) is 61.0 Å². The van der Waals surface area contributed by atoms with Gasteiger partial charge in [-0.25, -0.2) is 8.42 Å². The van der Waals surface area contributed by atoms with E-state index in [4.69, 9.17) is 0 Å². The number of hydrogen-bond acceptors (Lipinski definition) is 4. The van der Waals surface area contributed by atoms with E-state index in [1.807, 2.05) is 49.4 Å². The second-order valence-corrected chi connectivity index (χ2v) is 10.0. The molecule has 0 amide bonds. The van der Waals surface area contributed by atoms with E-state index in [2.05, 4.69) is 16.3 Å². The minimum Gasteiger partial charge on any atom is -0.369 e. The molecule has 0 bridgehead atoms. The summed E-state index contributed by atoms with van der Waals surface area (Å²) in [7, 11) is -3.66. The summed E-state index contributed by atoms with van der Waals surface area (Å²) in [5.74, 6) is 0. The standard InChI is InChI=1S/C24H27N3O2S/c1-18-9-12-22-23(26-15-13-25-14-16-26)7-4-8-24(22)27(18)30(28,29)21-11-10-19-5-2-3-6-20(19)17-21/h2-8,10-11,17-18,25H,9,12-16H2,1H3. The molecule has 1 N–H and O–H groups in total. The molecule has 2 aliphatic heterocycles. The minimum absolute atomic E-state index is 0.0766. The largest absolute Gasteiger partial charge is 0.369 e. The number of nitrogens with zero attached hydrogens (tertiary/aromatic N) is 2. The fourth-order valence-corrected chi connectivity index (χ4v) is 6.50. The van der Waals surface area contributed by atoms with Gasteiger partial charge in [-0.3, -0.25) is 4.31 Å². The Morgan fingerprint density at radius 1 is 0.900 bits per heavy atom. The normalized spacial score (nSPS) is 19.7. The Balaban J connectivity index is 1.60. The summed E-state index contributed by atoms with van der Waals surface area (Å²) in [5, 5.41) is 5.38. The number of piperazine rings is 1. The maximum atomic E-state index is 13.8. The number of fused-ring (bicyclic) bond motifs is 2. The minimum atomic E-state index is -3.66. The second kappa shape index (κ2) is 7.60. The summed E-state index contributed by atoms with van der Waals surface area (Å²) in [6.45, 7) is 5.82. The van der Waals surface area contributed by atoms with Crippen LogP contribution in [0.4, 0.5) is 11.4 Å². The molecule has 3 aromatic carbocycles. The van der Waals surface area contributed by atoms with E-state index in [1.54, 1.807) is 16.4 Å². The highest BCUT2D eigenvalue weighted by atomic mass is 32.2. The zero-order valence-electron chi connectivity index (χ0n) is 17.2. The Hall–Kier alpha value is -2.57. The molecule has 156 valence electrons. The number of rotatable bonds is 3. The molecular weight excluding hydrogens is 394 g/mol. The maximum Gasteiger partial charge on any atom is 0.264 e.